The fourth-order valence-electron chi connectivity index (χ4n) is 4.45. The molecule has 3 fully saturated rings. The van der Waals surface area contributed by atoms with Crippen molar-refractivity contribution in [1.29, 1.82) is 0 Å². The van der Waals surface area contributed by atoms with E-state index in [1.165, 1.54) is 0 Å². The maximum atomic E-state index is 13.5. The van der Waals surface area contributed by atoms with Gasteiger partial charge in [0.05, 0.1) is 18.3 Å². The van der Waals surface area contributed by atoms with Crippen LogP contribution in [-0.4, -0.2) is 40.9 Å². The van der Waals surface area contributed by atoms with E-state index in [0.717, 1.165) is 38.6 Å². The highest BCUT2D eigenvalue weighted by Gasteiger charge is 2.49. The lowest BCUT2D eigenvalue weighted by atomic mass is 10.0. The molecule has 6 heteroatoms. The molecule has 0 bridgehead atoms. The number of hydrogen-bond acceptors (Lipinski definition) is 4. The van der Waals surface area contributed by atoms with Gasteiger partial charge in [0.1, 0.15) is 0 Å². The minimum atomic E-state index is -2.92. The fraction of sp³-hybridized carbons (Fsp3) is 0.900. The Morgan fingerprint density at radius 3 is 2.42 bits per heavy atom. The Balaban J connectivity index is 1.61. The summed E-state index contributed by atoms with van der Waals surface area (Å²) in [5.74, 6) is 1.98. The zero-order chi connectivity index (χ0) is 19.2. The van der Waals surface area contributed by atoms with E-state index in [0.29, 0.717) is 5.92 Å². The van der Waals surface area contributed by atoms with Gasteiger partial charge in [-0.05, 0) is 66.7 Å². The van der Waals surface area contributed by atoms with Gasteiger partial charge in [-0.15, -0.1) is 0 Å². The van der Waals surface area contributed by atoms with Crippen LogP contribution in [0, 0.1) is 5.92 Å². The molecule has 1 unspecified atom stereocenters. The first-order valence-electron chi connectivity index (χ1n) is 10.1. The highest BCUT2D eigenvalue weighted by Crippen LogP contribution is 2.59. The fourth-order valence-corrected chi connectivity index (χ4v) is 7.03. The number of allylic oxidation sites excluding steroid dienone is 1. The molecule has 3 aliphatic rings. The standard InChI is InChI=1S/C20H36NO4P/c1-15-10-12-21(19(4,5)6)26(22,25-15)13-7-8-18-9-11-20(14-18)23-16(2)17(3)24-20/h7,13,15-18H,8-12,14H2,1-6H3/b13-7+/t15-,16+,17+,18?,26-/m0/s1. The summed E-state index contributed by atoms with van der Waals surface area (Å²) in [5, 5.41) is 0. The summed E-state index contributed by atoms with van der Waals surface area (Å²) in [6, 6.07) is 0. The number of ether oxygens (including phenoxy) is 2. The summed E-state index contributed by atoms with van der Waals surface area (Å²) in [7, 11) is -2.92. The minimum Gasteiger partial charge on any atom is -0.344 e. The van der Waals surface area contributed by atoms with Crippen LogP contribution in [0.1, 0.15) is 73.6 Å². The zero-order valence-electron chi connectivity index (χ0n) is 17.2. The molecule has 0 N–H and O–H groups in total. The summed E-state index contributed by atoms with van der Waals surface area (Å²) < 4.78 is 33.7. The second-order valence-electron chi connectivity index (χ2n) is 9.35. The molecule has 26 heavy (non-hydrogen) atoms. The Kier molecular flexibility index (Phi) is 5.79. The van der Waals surface area contributed by atoms with Crippen LogP contribution in [0.5, 0.6) is 0 Å². The summed E-state index contributed by atoms with van der Waals surface area (Å²) in [4.78, 5) is 0. The van der Waals surface area contributed by atoms with Crippen LogP contribution in [0.15, 0.2) is 11.9 Å². The van der Waals surface area contributed by atoms with Gasteiger partial charge in [-0.1, -0.05) is 6.08 Å². The van der Waals surface area contributed by atoms with Gasteiger partial charge < -0.3 is 14.0 Å². The SMILES string of the molecule is C[C@H]1CCN(C(C)(C)C)[P@](=O)(/C=C/CC2CCC3(C2)O[C@H](C)[C@@H](C)O3)O1. The molecule has 2 heterocycles. The molecular formula is C20H36NO4P. The molecule has 150 valence electrons. The second-order valence-corrected chi connectivity index (χ2v) is 11.5. The smallest absolute Gasteiger partial charge is 0.295 e. The van der Waals surface area contributed by atoms with Gasteiger partial charge in [-0.3, -0.25) is 4.57 Å². The monoisotopic (exact) mass is 385 g/mol. The van der Waals surface area contributed by atoms with Gasteiger partial charge in [-0.25, -0.2) is 4.67 Å². The van der Waals surface area contributed by atoms with Crippen molar-refractivity contribution in [3.8, 4) is 0 Å². The van der Waals surface area contributed by atoms with E-state index in [9.17, 15) is 4.57 Å². The second kappa shape index (κ2) is 7.33. The topological polar surface area (TPSA) is 48.0 Å². The molecule has 0 amide bonds. The van der Waals surface area contributed by atoms with Gasteiger partial charge in [-0.2, -0.15) is 0 Å². The van der Waals surface area contributed by atoms with Gasteiger partial charge in [0.2, 0.25) is 0 Å². The van der Waals surface area contributed by atoms with E-state index in [1.54, 1.807) is 0 Å². The van der Waals surface area contributed by atoms with E-state index in [1.807, 2.05) is 17.4 Å². The lowest BCUT2D eigenvalue weighted by Gasteiger charge is -2.44. The van der Waals surface area contributed by atoms with Crippen LogP contribution in [0.3, 0.4) is 0 Å². The molecule has 2 aliphatic heterocycles. The van der Waals surface area contributed by atoms with E-state index < -0.39 is 7.52 Å². The number of hydrogen-bond donors (Lipinski definition) is 0. The predicted octanol–water partition coefficient (Wildman–Crippen LogP) is 5.31. The molecule has 0 aromatic carbocycles. The van der Waals surface area contributed by atoms with Crippen LogP contribution in [0.4, 0.5) is 0 Å². The maximum Gasteiger partial charge on any atom is 0.295 e. The molecule has 1 saturated carbocycles. The summed E-state index contributed by atoms with van der Waals surface area (Å²) in [6.07, 6.45) is 7.24. The Bertz CT molecular complexity index is 575. The lowest BCUT2D eigenvalue weighted by molar-refractivity contribution is -0.168. The van der Waals surface area contributed by atoms with E-state index in [-0.39, 0.29) is 29.6 Å². The molecule has 0 aromatic rings. The van der Waals surface area contributed by atoms with Gasteiger partial charge in [0.25, 0.3) is 7.52 Å². The van der Waals surface area contributed by atoms with E-state index in [2.05, 4.69) is 40.7 Å². The van der Waals surface area contributed by atoms with E-state index in [4.69, 9.17) is 14.0 Å². The van der Waals surface area contributed by atoms with Crippen LogP contribution >= 0.6 is 7.52 Å². The van der Waals surface area contributed by atoms with Gasteiger partial charge in [0.15, 0.2) is 5.79 Å². The van der Waals surface area contributed by atoms with Crippen LogP contribution < -0.4 is 0 Å². The minimum absolute atomic E-state index is 0.0436. The van der Waals surface area contributed by atoms with Crippen molar-refractivity contribution in [2.75, 3.05) is 6.54 Å². The largest absolute Gasteiger partial charge is 0.344 e. The van der Waals surface area contributed by atoms with Crippen molar-refractivity contribution < 1.29 is 18.6 Å². The number of rotatable bonds is 3. The third-order valence-corrected chi connectivity index (χ3v) is 8.67. The molecule has 1 aliphatic carbocycles. The number of nitrogens with zero attached hydrogens (tertiary/aromatic N) is 1. The molecule has 5 atom stereocenters. The average molecular weight is 385 g/mol. The van der Waals surface area contributed by atoms with Gasteiger partial charge in [0, 0.05) is 30.7 Å². The molecule has 0 radical (unpaired) electrons. The summed E-state index contributed by atoms with van der Waals surface area (Å²) in [6.45, 7) is 13.3. The van der Waals surface area contributed by atoms with Crippen LogP contribution in [-0.2, 0) is 18.6 Å². The third-order valence-electron chi connectivity index (χ3n) is 5.95. The van der Waals surface area contributed by atoms with Crippen molar-refractivity contribution in [3.63, 3.8) is 0 Å². The highest BCUT2D eigenvalue weighted by atomic mass is 31.2. The van der Waals surface area contributed by atoms with Crippen molar-refractivity contribution in [2.24, 2.45) is 5.92 Å². The van der Waals surface area contributed by atoms with Crippen LogP contribution in [0.2, 0.25) is 0 Å². The van der Waals surface area contributed by atoms with Crippen molar-refractivity contribution in [3.05, 3.63) is 11.9 Å². The summed E-state index contributed by atoms with van der Waals surface area (Å²) in [5.41, 5.74) is -0.171. The van der Waals surface area contributed by atoms with Crippen molar-refractivity contribution in [1.82, 2.24) is 4.67 Å². The first-order valence-corrected chi connectivity index (χ1v) is 11.8. The Labute approximate surface area is 158 Å². The van der Waals surface area contributed by atoms with Crippen molar-refractivity contribution >= 4 is 7.52 Å². The zero-order valence-corrected chi connectivity index (χ0v) is 18.1. The molecule has 5 nitrogen and oxygen atoms in total. The Morgan fingerprint density at radius 2 is 1.81 bits per heavy atom. The predicted molar refractivity (Wildman–Crippen MR) is 104 cm³/mol. The first-order chi connectivity index (χ1) is 12.0. The van der Waals surface area contributed by atoms with Gasteiger partial charge >= 0.3 is 0 Å². The molecule has 1 spiro atoms. The normalized spacial score (nSPS) is 41.5. The third kappa shape index (κ3) is 4.28. The van der Waals surface area contributed by atoms with Crippen molar-refractivity contribution in [2.45, 2.75) is 103 Å². The molecular weight excluding hydrogens is 349 g/mol. The molecule has 2 saturated heterocycles. The lowest BCUT2D eigenvalue weighted by Crippen LogP contribution is -2.43. The Morgan fingerprint density at radius 1 is 1.15 bits per heavy atom. The van der Waals surface area contributed by atoms with E-state index >= 15 is 0 Å². The maximum absolute atomic E-state index is 13.5. The molecule has 3 rings (SSSR count). The van der Waals surface area contributed by atoms with Crippen LogP contribution in [0.25, 0.3) is 0 Å². The molecule has 0 aromatic heterocycles. The Hall–Kier alpha value is -0.190. The quantitative estimate of drug-likeness (QED) is 0.616. The first kappa shape index (κ1) is 20.5. The highest BCUT2D eigenvalue weighted by molar-refractivity contribution is 7.59. The summed E-state index contributed by atoms with van der Waals surface area (Å²) >= 11 is 0. The average Bonchev–Trinajstić information content (AvgIpc) is 3.00.